The third kappa shape index (κ3) is 5.45. The lowest BCUT2D eigenvalue weighted by molar-refractivity contribution is -0.120. The first-order chi connectivity index (χ1) is 12.6. The Labute approximate surface area is 164 Å². The molecule has 0 bridgehead atoms. The summed E-state index contributed by atoms with van der Waals surface area (Å²) in [6.07, 6.45) is 0.238. The first-order valence-electron chi connectivity index (χ1n) is 8.69. The van der Waals surface area contributed by atoms with Crippen LogP contribution in [-0.4, -0.2) is 37.1 Å². The van der Waals surface area contributed by atoms with Crippen LogP contribution in [0.2, 0.25) is 10.0 Å². The Morgan fingerprint density at radius 3 is 2.50 bits per heavy atom. The molecule has 4 nitrogen and oxygen atoms in total. The third-order valence-electron chi connectivity index (χ3n) is 4.46. The quantitative estimate of drug-likeness (QED) is 0.814. The van der Waals surface area contributed by atoms with Crippen LogP contribution in [-0.2, 0) is 29.0 Å². The molecule has 1 N–H and O–H groups in total. The summed E-state index contributed by atoms with van der Waals surface area (Å²) in [6.45, 7) is 4.82. The lowest BCUT2D eigenvalue weighted by Gasteiger charge is -2.27. The second-order valence-electron chi connectivity index (χ2n) is 6.35. The Hall–Kier alpha value is -1.59. The van der Waals surface area contributed by atoms with Crippen molar-refractivity contribution < 1.29 is 9.53 Å². The van der Waals surface area contributed by atoms with E-state index in [9.17, 15) is 4.79 Å². The van der Waals surface area contributed by atoms with Gasteiger partial charge in [0.05, 0.1) is 19.6 Å². The molecule has 2 aromatic rings. The van der Waals surface area contributed by atoms with Gasteiger partial charge in [-0.2, -0.15) is 0 Å². The number of ether oxygens (including phenoxy) is 1. The summed E-state index contributed by atoms with van der Waals surface area (Å²) in [7, 11) is 0. The molecule has 6 heteroatoms. The van der Waals surface area contributed by atoms with Crippen molar-refractivity contribution in [2.75, 3.05) is 26.3 Å². The number of amides is 1. The van der Waals surface area contributed by atoms with E-state index in [1.807, 2.05) is 12.1 Å². The number of nitrogens with one attached hydrogen (secondary N) is 1. The number of rotatable bonds is 6. The number of benzene rings is 2. The summed E-state index contributed by atoms with van der Waals surface area (Å²) in [4.78, 5) is 14.7. The number of carbonyl (C=O) groups excluding carboxylic acids is 1. The molecule has 1 aliphatic rings. The molecule has 2 aromatic carbocycles. The summed E-state index contributed by atoms with van der Waals surface area (Å²) in [6, 6.07) is 13.4. The summed E-state index contributed by atoms with van der Waals surface area (Å²) in [5.74, 6) is -0.0598. The fraction of sp³-hybridized carbons (Fsp3) is 0.350. The van der Waals surface area contributed by atoms with Crippen LogP contribution in [0, 0.1) is 0 Å². The molecule has 3 rings (SSSR count). The Kier molecular flexibility index (Phi) is 6.92. The minimum atomic E-state index is -0.0598. The predicted molar refractivity (Wildman–Crippen MR) is 105 cm³/mol. The number of halogens is 2. The normalized spacial score (nSPS) is 15.0. The van der Waals surface area contributed by atoms with E-state index in [4.69, 9.17) is 27.9 Å². The standard InChI is InChI=1S/C20H22Cl2N2O2/c21-18-6-5-15(19(22)12-18)11-20(25)23-13-16-3-1-2-4-17(16)14-24-7-9-26-10-8-24/h1-6,12H,7-11,13-14H2,(H,23,25). The summed E-state index contributed by atoms with van der Waals surface area (Å²) < 4.78 is 5.40. The lowest BCUT2D eigenvalue weighted by Crippen LogP contribution is -2.36. The molecule has 1 saturated heterocycles. The third-order valence-corrected chi connectivity index (χ3v) is 5.05. The molecule has 0 atom stereocenters. The number of hydrogen-bond acceptors (Lipinski definition) is 3. The largest absolute Gasteiger partial charge is 0.379 e. The van der Waals surface area contributed by atoms with Crippen molar-refractivity contribution in [3.8, 4) is 0 Å². The molecular weight excluding hydrogens is 371 g/mol. The van der Waals surface area contributed by atoms with Crippen molar-refractivity contribution in [3.63, 3.8) is 0 Å². The molecule has 0 aromatic heterocycles. The highest BCUT2D eigenvalue weighted by atomic mass is 35.5. The van der Waals surface area contributed by atoms with Crippen molar-refractivity contribution in [1.82, 2.24) is 10.2 Å². The van der Waals surface area contributed by atoms with Crippen LogP contribution >= 0.6 is 23.2 Å². The van der Waals surface area contributed by atoms with E-state index < -0.39 is 0 Å². The minimum Gasteiger partial charge on any atom is -0.379 e. The zero-order chi connectivity index (χ0) is 18.4. The van der Waals surface area contributed by atoms with E-state index in [1.165, 1.54) is 5.56 Å². The van der Waals surface area contributed by atoms with Crippen molar-refractivity contribution in [3.05, 3.63) is 69.2 Å². The first kappa shape index (κ1) is 19.2. The van der Waals surface area contributed by atoms with E-state index in [0.29, 0.717) is 16.6 Å². The van der Waals surface area contributed by atoms with Gasteiger partial charge in [-0.15, -0.1) is 0 Å². The minimum absolute atomic E-state index is 0.0598. The van der Waals surface area contributed by atoms with Gasteiger partial charge in [0.2, 0.25) is 5.91 Å². The van der Waals surface area contributed by atoms with Gasteiger partial charge in [-0.1, -0.05) is 53.5 Å². The Bertz CT molecular complexity index is 761. The first-order valence-corrected chi connectivity index (χ1v) is 9.45. The topological polar surface area (TPSA) is 41.6 Å². The zero-order valence-electron chi connectivity index (χ0n) is 14.5. The Morgan fingerprint density at radius 1 is 1.04 bits per heavy atom. The van der Waals surface area contributed by atoms with Crippen LogP contribution in [0.3, 0.4) is 0 Å². The van der Waals surface area contributed by atoms with Gasteiger partial charge >= 0.3 is 0 Å². The molecule has 138 valence electrons. The van der Waals surface area contributed by atoms with Crippen molar-refractivity contribution in [2.24, 2.45) is 0 Å². The predicted octanol–water partition coefficient (Wildman–Crippen LogP) is 3.68. The lowest BCUT2D eigenvalue weighted by atomic mass is 10.1. The fourth-order valence-corrected chi connectivity index (χ4v) is 3.45. The Balaban J connectivity index is 1.57. The van der Waals surface area contributed by atoms with Crippen LogP contribution in [0.4, 0.5) is 0 Å². The van der Waals surface area contributed by atoms with E-state index in [-0.39, 0.29) is 12.3 Å². The van der Waals surface area contributed by atoms with Crippen molar-refractivity contribution in [2.45, 2.75) is 19.5 Å². The summed E-state index contributed by atoms with van der Waals surface area (Å²) in [5, 5.41) is 4.07. The molecule has 0 unspecified atom stereocenters. The van der Waals surface area contributed by atoms with E-state index >= 15 is 0 Å². The maximum Gasteiger partial charge on any atom is 0.224 e. The molecule has 1 fully saturated rings. The smallest absolute Gasteiger partial charge is 0.224 e. The van der Waals surface area contributed by atoms with Crippen LogP contribution in [0.1, 0.15) is 16.7 Å². The summed E-state index contributed by atoms with van der Waals surface area (Å²) in [5.41, 5.74) is 3.14. The van der Waals surface area contributed by atoms with Gasteiger partial charge in [0.25, 0.3) is 0 Å². The van der Waals surface area contributed by atoms with Gasteiger partial charge in [-0.3, -0.25) is 9.69 Å². The van der Waals surface area contributed by atoms with Crippen molar-refractivity contribution >= 4 is 29.1 Å². The average Bonchev–Trinajstić information content (AvgIpc) is 2.64. The van der Waals surface area contributed by atoms with Crippen LogP contribution in [0.15, 0.2) is 42.5 Å². The maximum atomic E-state index is 12.3. The van der Waals surface area contributed by atoms with Gasteiger partial charge in [0, 0.05) is 36.2 Å². The Morgan fingerprint density at radius 2 is 1.77 bits per heavy atom. The van der Waals surface area contributed by atoms with Crippen LogP contribution < -0.4 is 5.32 Å². The number of carbonyl (C=O) groups is 1. The molecule has 26 heavy (non-hydrogen) atoms. The molecule has 0 saturated carbocycles. The molecule has 1 aliphatic heterocycles. The zero-order valence-corrected chi connectivity index (χ0v) is 16.0. The average molecular weight is 393 g/mol. The highest BCUT2D eigenvalue weighted by molar-refractivity contribution is 6.35. The van der Waals surface area contributed by atoms with Gasteiger partial charge < -0.3 is 10.1 Å². The second-order valence-corrected chi connectivity index (χ2v) is 7.19. The monoisotopic (exact) mass is 392 g/mol. The highest BCUT2D eigenvalue weighted by Gasteiger charge is 2.13. The van der Waals surface area contributed by atoms with Gasteiger partial charge in [-0.25, -0.2) is 0 Å². The molecule has 0 spiro atoms. The van der Waals surface area contributed by atoms with E-state index in [2.05, 4.69) is 22.3 Å². The van der Waals surface area contributed by atoms with E-state index in [1.54, 1.807) is 18.2 Å². The van der Waals surface area contributed by atoms with Gasteiger partial charge in [0.1, 0.15) is 0 Å². The molecule has 1 heterocycles. The number of morpholine rings is 1. The van der Waals surface area contributed by atoms with Gasteiger partial charge in [-0.05, 0) is 28.8 Å². The SMILES string of the molecule is O=C(Cc1ccc(Cl)cc1Cl)NCc1ccccc1CN1CCOCC1. The molecule has 1 amide bonds. The summed E-state index contributed by atoms with van der Waals surface area (Å²) >= 11 is 12.0. The fourth-order valence-electron chi connectivity index (χ4n) is 2.98. The second kappa shape index (κ2) is 9.38. The molecular formula is C20H22Cl2N2O2. The molecule has 0 radical (unpaired) electrons. The maximum absolute atomic E-state index is 12.3. The molecule has 0 aliphatic carbocycles. The number of hydrogen-bond donors (Lipinski definition) is 1. The van der Waals surface area contributed by atoms with Gasteiger partial charge in [0.15, 0.2) is 0 Å². The van der Waals surface area contributed by atoms with Crippen LogP contribution in [0.5, 0.6) is 0 Å². The van der Waals surface area contributed by atoms with Crippen LogP contribution in [0.25, 0.3) is 0 Å². The highest BCUT2D eigenvalue weighted by Crippen LogP contribution is 2.21. The van der Waals surface area contributed by atoms with E-state index in [0.717, 1.165) is 44.0 Å². The number of nitrogens with zero attached hydrogens (tertiary/aromatic N) is 1. The van der Waals surface area contributed by atoms with Crippen molar-refractivity contribution in [1.29, 1.82) is 0 Å².